The van der Waals surface area contributed by atoms with Gasteiger partial charge in [-0.1, -0.05) is 0 Å². The maximum atomic E-state index is 13.7. The van der Waals surface area contributed by atoms with Crippen molar-refractivity contribution in [3.63, 3.8) is 0 Å². The van der Waals surface area contributed by atoms with Gasteiger partial charge in [-0.15, -0.1) is 11.3 Å². The van der Waals surface area contributed by atoms with E-state index in [1.807, 2.05) is 6.07 Å². The Morgan fingerprint density at radius 1 is 1.36 bits per heavy atom. The minimum atomic E-state index is -0.742. The molecule has 0 aliphatic rings. The standard InChI is InChI=1S/C16H11FN4O3S/c17-13-4-3-12(21(23)24)7-14(13)20-15(22)6-11-9-25-16(19-11)10-2-1-5-18-8-10/h1-5,7-9H,6H2,(H,20,22). The number of thiazole rings is 1. The highest BCUT2D eigenvalue weighted by atomic mass is 32.1. The van der Waals surface area contributed by atoms with Crippen molar-refractivity contribution < 1.29 is 14.1 Å². The SMILES string of the molecule is O=C(Cc1csc(-c2cccnc2)n1)Nc1cc([N+](=O)[O-])ccc1F. The van der Waals surface area contributed by atoms with Crippen molar-refractivity contribution in [1.29, 1.82) is 0 Å². The third-order valence-electron chi connectivity index (χ3n) is 3.24. The van der Waals surface area contributed by atoms with Crippen molar-refractivity contribution in [2.45, 2.75) is 6.42 Å². The summed E-state index contributed by atoms with van der Waals surface area (Å²) in [5.74, 6) is -1.25. The first-order valence-corrected chi connectivity index (χ1v) is 7.99. The van der Waals surface area contributed by atoms with Crippen LogP contribution in [0, 0.1) is 15.9 Å². The van der Waals surface area contributed by atoms with Gasteiger partial charge in [-0.05, 0) is 18.2 Å². The van der Waals surface area contributed by atoms with Gasteiger partial charge in [0.2, 0.25) is 5.91 Å². The summed E-state index contributed by atoms with van der Waals surface area (Å²) < 4.78 is 13.7. The first kappa shape index (κ1) is 16.7. The number of halogens is 1. The second-order valence-corrected chi connectivity index (χ2v) is 5.89. The molecule has 3 aromatic rings. The molecule has 0 saturated heterocycles. The second kappa shape index (κ2) is 7.14. The van der Waals surface area contributed by atoms with Crippen LogP contribution in [-0.4, -0.2) is 20.8 Å². The van der Waals surface area contributed by atoms with E-state index in [-0.39, 0.29) is 17.8 Å². The molecule has 0 unspecified atom stereocenters. The Morgan fingerprint density at radius 3 is 2.92 bits per heavy atom. The number of nitrogens with zero attached hydrogens (tertiary/aromatic N) is 3. The summed E-state index contributed by atoms with van der Waals surface area (Å²) in [5, 5.41) is 15.5. The lowest BCUT2D eigenvalue weighted by Crippen LogP contribution is -2.15. The molecular formula is C16H11FN4O3S. The number of benzene rings is 1. The fraction of sp³-hybridized carbons (Fsp3) is 0.0625. The van der Waals surface area contributed by atoms with Gasteiger partial charge in [0.1, 0.15) is 10.8 Å². The highest BCUT2D eigenvalue weighted by molar-refractivity contribution is 7.13. The Kier molecular flexibility index (Phi) is 4.75. The van der Waals surface area contributed by atoms with E-state index in [4.69, 9.17) is 0 Å². The van der Waals surface area contributed by atoms with E-state index in [0.29, 0.717) is 5.69 Å². The molecule has 0 saturated carbocycles. The number of hydrogen-bond acceptors (Lipinski definition) is 6. The van der Waals surface area contributed by atoms with E-state index in [1.165, 1.54) is 11.3 Å². The molecule has 0 spiro atoms. The summed E-state index contributed by atoms with van der Waals surface area (Å²) in [4.78, 5) is 30.5. The van der Waals surface area contributed by atoms with Crippen molar-refractivity contribution >= 4 is 28.6 Å². The quantitative estimate of drug-likeness (QED) is 0.556. The van der Waals surface area contributed by atoms with Crippen molar-refractivity contribution in [3.05, 3.63) is 69.7 Å². The van der Waals surface area contributed by atoms with Gasteiger partial charge in [0.15, 0.2) is 0 Å². The van der Waals surface area contributed by atoms with Crippen LogP contribution >= 0.6 is 11.3 Å². The number of nitrogens with one attached hydrogen (secondary N) is 1. The topological polar surface area (TPSA) is 98.0 Å². The minimum Gasteiger partial charge on any atom is -0.323 e. The molecule has 7 nitrogen and oxygen atoms in total. The molecule has 0 atom stereocenters. The average Bonchev–Trinajstić information content (AvgIpc) is 3.06. The van der Waals surface area contributed by atoms with Crippen LogP contribution in [0.1, 0.15) is 5.69 Å². The van der Waals surface area contributed by atoms with Crippen LogP contribution in [-0.2, 0) is 11.2 Å². The zero-order valence-corrected chi connectivity index (χ0v) is 13.5. The number of pyridine rings is 1. The Hall–Kier alpha value is -3.20. The number of non-ortho nitro benzene ring substituents is 1. The number of nitro benzene ring substituents is 1. The average molecular weight is 358 g/mol. The number of anilines is 1. The molecule has 0 bridgehead atoms. The summed E-state index contributed by atoms with van der Waals surface area (Å²) in [6.07, 6.45) is 3.25. The zero-order chi connectivity index (χ0) is 17.8. The van der Waals surface area contributed by atoms with Gasteiger partial charge < -0.3 is 5.32 Å². The molecule has 0 aliphatic carbocycles. The molecule has 126 valence electrons. The van der Waals surface area contributed by atoms with Gasteiger partial charge in [-0.3, -0.25) is 19.9 Å². The third kappa shape index (κ3) is 4.01. The summed E-state index contributed by atoms with van der Waals surface area (Å²) >= 11 is 1.37. The molecule has 1 amide bonds. The number of amides is 1. The highest BCUT2D eigenvalue weighted by Crippen LogP contribution is 2.24. The van der Waals surface area contributed by atoms with E-state index in [1.54, 1.807) is 23.8 Å². The maximum absolute atomic E-state index is 13.7. The molecule has 0 fully saturated rings. The molecular weight excluding hydrogens is 347 g/mol. The second-order valence-electron chi connectivity index (χ2n) is 5.03. The van der Waals surface area contributed by atoms with E-state index in [0.717, 1.165) is 28.8 Å². The smallest absolute Gasteiger partial charge is 0.271 e. The summed E-state index contributed by atoms with van der Waals surface area (Å²) in [5.41, 5.74) is 0.821. The van der Waals surface area contributed by atoms with Gasteiger partial charge in [-0.2, -0.15) is 0 Å². The van der Waals surface area contributed by atoms with Gasteiger partial charge in [0.25, 0.3) is 5.69 Å². The molecule has 9 heteroatoms. The number of hydrogen-bond donors (Lipinski definition) is 1. The normalized spacial score (nSPS) is 10.4. The van der Waals surface area contributed by atoms with E-state index >= 15 is 0 Å². The lowest BCUT2D eigenvalue weighted by atomic mass is 10.2. The Labute approximate surface area is 145 Å². The molecule has 2 aromatic heterocycles. The van der Waals surface area contributed by atoms with Crippen LogP contribution in [0.15, 0.2) is 48.1 Å². The number of carbonyl (C=O) groups excluding carboxylic acids is 1. The summed E-state index contributed by atoms with van der Waals surface area (Å²) in [6.45, 7) is 0. The first-order chi connectivity index (χ1) is 12.0. The van der Waals surface area contributed by atoms with Crippen LogP contribution in [0.25, 0.3) is 10.6 Å². The molecule has 0 aliphatic heterocycles. The molecule has 25 heavy (non-hydrogen) atoms. The number of rotatable bonds is 5. The van der Waals surface area contributed by atoms with Crippen molar-refractivity contribution in [1.82, 2.24) is 9.97 Å². The molecule has 3 rings (SSSR count). The Morgan fingerprint density at radius 2 is 2.20 bits per heavy atom. The largest absolute Gasteiger partial charge is 0.323 e. The predicted molar refractivity (Wildman–Crippen MR) is 90.7 cm³/mol. The van der Waals surface area contributed by atoms with Gasteiger partial charge >= 0.3 is 0 Å². The van der Waals surface area contributed by atoms with Crippen LogP contribution in [0.2, 0.25) is 0 Å². The van der Waals surface area contributed by atoms with Crippen LogP contribution in [0.3, 0.4) is 0 Å². The number of carbonyl (C=O) groups is 1. The van der Waals surface area contributed by atoms with E-state index in [9.17, 15) is 19.3 Å². The van der Waals surface area contributed by atoms with E-state index < -0.39 is 16.6 Å². The number of aromatic nitrogens is 2. The molecule has 1 aromatic carbocycles. The lowest BCUT2D eigenvalue weighted by Gasteiger charge is -2.05. The van der Waals surface area contributed by atoms with Gasteiger partial charge in [0.05, 0.1) is 22.7 Å². The fourth-order valence-electron chi connectivity index (χ4n) is 2.09. The molecule has 1 N–H and O–H groups in total. The van der Waals surface area contributed by atoms with Gasteiger partial charge in [-0.25, -0.2) is 9.37 Å². The number of nitro groups is 1. The van der Waals surface area contributed by atoms with Crippen molar-refractivity contribution in [2.24, 2.45) is 0 Å². The summed E-state index contributed by atoms with van der Waals surface area (Å²) in [7, 11) is 0. The lowest BCUT2D eigenvalue weighted by molar-refractivity contribution is -0.384. The highest BCUT2D eigenvalue weighted by Gasteiger charge is 2.14. The Balaban J connectivity index is 1.70. The van der Waals surface area contributed by atoms with Crippen LogP contribution in [0.5, 0.6) is 0 Å². The fourth-order valence-corrected chi connectivity index (χ4v) is 2.90. The molecule has 2 heterocycles. The maximum Gasteiger partial charge on any atom is 0.271 e. The predicted octanol–water partition coefficient (Wildman–Crippen LogP) is 3.43. The molecule has 0 radical (unpaired) electrons. The van der Waals surface area contributed by atoms with Crippen LogP contribution < -0.4 is 5.32 Å². The summed E-state index contributed by atoms with van der Waals surface area (Å²) in [6, 6.07) is 6.60. The Bertz CT molecular complexity index is 930. The van der Waals surface area contributed by atoms with Crippen molar-refractivity contribution in [2.75, 3.05) is 5.32 Å². The minimum absolute atomic E-state index is 0.0705. The van der Waals surface area contributed by atoms with E-state index in [2.05, 4.69) is 15.3 Å². The van der Waals surface area contributed by atoms with Crippen LogP contribution in [0.4, 0.5) is 15.8 Å². The van der Waals surface area contributed by atoms with Gasteiger partial charge in [0, 0.05) is 35.5 Å². The first-order valence-electron chi connectivity index (χ1n) is 7.11. The van der Waals surface area contributed by atoms with Crippen molar-refractivity contribution in [3.8, 4) is 10.6 Å². The zero-order valence-electron chi connectivity index (χ0n) is 12.7. The third-order valence-corrected chi connectivity index (χ3v) is 4.18. The monoisotopic (exact) mass is 358 g/mol.